The molecule has 2 nitrogen and oxygen atoms in total. The van der Waals surface area contributed by atoms with Crippen molar-refractivity contribution in [3.05, 3.63) is 48.6 Å². The molecule has 2 unspecified atom stereocenters. The van der Waals surface area contributed by atoms with Crippen LogP contribution in [0.4, 0.5) is 0 Å². The molecule has 0 amide bonds. The molecular weight excluding hydrogens is 176 g/mol. The molecule has 76 valence electrons. The van der Waals surface area contributed by atoms with Gasteiger partial charge >= 0.3 is 0 Å². The number of aliphatic hydroxyl groups excluding tert-OH is 2. The Balaban J connectivity index is 2.72. The van der Waals surface area contributed by atoms with Gasteiger partial charge in [0, 0.05) is 12.5 Å². The average Bonchev–Trinajstić information content (AvgIpc) is 2.26. The van der Waals surface area contributed by atoms with Crippen molar-refractivity contribution in [1.82, 2.24) is 0 Å². The van der Waals surface area contributed by atoms with Crippen molar-refractivity contribution in [3.8, 4) is 0 Å². The highest BCUT2D eigenvalue weighted by Crippen LogP contribution is 2.24. The summed E-state index contributed by atoms with van der Waals surface area (Å²) in [6, 6.07) is 9.43. The van der Waals surface area contributed by atoms with E-state index in [1.807, 2.05) is 30.3 Å². The van der Waals surface area contributed by atoms with Gasteiger partial charge in [0.25, 0.3) is 0 Å². The summed E-state index contributed by atoms with van der Waals surface area (Å²) in [6.07, 6.45) is 1.66. The van der Waals surface area contributed by atoms with E-state index in [1.54, 1.807) is 6.08 Å². The molecule has 2 atom stereocenters. The van der Waals surface area contributed by atoms with Crippen LogP contribution >= 0.6 is 0 Å². The highest BCUT2D eigenvalue weighted by Gasteiger charge is 2.16. The number of hydrogen-bond acceptors (Lipinski definition) is 2. The molecule has 2 heteroatoms. The van der Waals surface area contributed by atoms with Gasteiger partial charge < -0.3 is 10.2 Å². The third-order valence-electron chi connectivity index (χ3n) is 2.31. The normalized spacial score (nSPS) is 14.7. The summed E-state index contributed by atoms with van der Waals surface area (Å²) in [5, 5.41) is 18.7. The lowest BCUT2D eigenvalue weighted by molar-refractivity contribution is 0.113. The van der Waals surface area contributed by atoms with E-state index in [-0.39, 0.29) is 12.5 Å². The Labute approximate surface area is 84.5 Å². The molecule has 0 fully saturated rings. The highest BCUT2D eigenvalue weighted by atomic mass is 16.3. The van der Waals surface area contributed by atoms with Crippen LogP contribution in [0.1, 0.15) is 18.1 Å². The quantitative estimate of drug-likeness (QED) is 0.699. The fraction of sp³-hybridized carbons (Fsp3) is 0.333. The molecule has 2 N–H and O–H groups in total. The van der Waals surface area contributed by atoms with Gasteiger partial charge in [0.15, 0.2) is 0 Å². The largest absolute Gasteiger partial charge is 0.396 e. The van der Waals surface area contributed by atoms with Crippen LogP contribution in [-0.2, 0) is 0 Å². The van der Waals surface area contributed by atoms with Crippen LogP contribution in [0.3, 0.4) is 0 Å². The van der Waals surface area contributed by atoms with Crippen molar-refractivity contribution >= 4 is 0 Å². The summed E-state index contributed by atoms with van der Waals surface area (Å²) in [5.41, 5.74) is 0.867. The molecule has 0 aliphatic heterocycles. The minimum Gasteiger partial charge on any atom is -0.396 e. The molecule has 0 radical (unpaired) electrons. The Morgan fingerprint density at radius 1 is 1.29 bits per heavy atom. The average molecular weight is 192 g/mol. The number of benzene rings is 1. The lowest BCUT2D eigenvalue weighted by Gasteiger charge is -2.18. The highest BCUT2D eigenvalue weighted by molar-refractivity contribution is 5.19. The second kappa shape index (κ2) is 5.58. The van der Waals surface area contributed by atoms with Gasteiger partial charge in [-0.2, -0.15) is 0 Å². The summed E-state index contributed by atoms with van der Waals surface area (Å²) in [5.74, 6) is -0.0811. The Morgan fingerprint density at radius 3 is 2.43 bits per heavy atom. The zero-order chi connectivity index (χ0) is 10.4. The first-order valence-electron chi connectivity index (χ1n) is 4.76. The third-order valence-corrected chi connectivity index (χ3v) is 2.31. The van der Waals surface area contributed by atoms with Gasteiger partial charge in [-0.15, -0.1) is 6.58 Å². The molecule has 0 aromatic heterocycles. The molecule has 1 rings (SSSR count). The zero-order valence-electron chi connectivity index (χ0n) is 8.13. The van der Waals surface area contributed by atoms with Crippen molar-refractivity contribution in [3.63, 3.8) is 0 Å². The summed E-state index contributed by atoms with van der Waals surface area (Å²) in [6.45, 7) is 3.73. The second-order valence-corrected chi connectivity index (χ2v) is 3.27. The van der Waals surface area contributed by atoms with Crippen LogP contribution in [0.15, 0.2) is 43.0 Å². The first-order valence-corrected chi connectivity index (χ1v) is 4.76. The predicted molar refractivity (Wildman–Crippen MR) is 56.8 cm³/mol. The molecule has 0 saturated heterocycles. The zero-order valence-corrected chi connectivity index (χ0v) is 8.13. The summed E-state index contributed by atoms with van der Waals surface area (Å²) < 4.78 is 0. The minimum atomic E-state index is -0.569. The van der Waals surface area contributed by atoms with Crippen molar-refractivity contribution in [2.75, 3.05) is 6.61 Å². The fourth-order valence-corrected chi connectivity index (χ4v) is 1.45. The van der Waals surface area contributed by atoms with Crippen molar-refractivity contribution in [1.29, 1.82) is 0 Å². The molecule has 14 heavy (non-hydrogen) atoms. The molecule has 0 bridgehead atoms. The summed E-state index contributed by atoms with van der Waals surface area (Å²) in [4.78, 5) is 0. The standard InChI is InChI=1S/C12H16O2/c1-2-10(8-9-13)12(14)11-6-4-3-5-7-11/h2-7,10,12-14H,1,8-9H2. The van der Waals surface area contributed by atoms with Gasteiger partial charge in [-0.3, -0.25) is 0 Å². The number of aliphatic hydroxyl groups is 2. The van der Waals surface area contributed by atoms with E-state index in [2.05, 4.69) is 6.58 Å². The topological polar surface area (TPSA) is 40.5 Å². The lowest BCUT2D eigenvalue weighted by Crippen LogP contribution is -2.11. The Hall–Kier alpha value is -1.12. The van der Waals surface area contributed by atoms with Gasteiger partial charge in [0.1, 0.15) is 0 Å². The SMILES string of the molecule is C=CC(CCO)C(O)c1ccccc1. The predicted octanol–water partition coefficient (Wildman–Crippen LogP) is 1.90. The van der Waals surface area contributed by atoms with E-state index in [0.717, 1.165) is 5.56 Å². The number of rotatable bonds is 5. The molecule has 0 aliphatic rings. The maximum atomic E-state index is 9.93. The molecule has 0 aliphatic carbocycles. The van der Waals surface area contributed by atoms with Gasteiger partial charge in [-0.25, -0.2) is 0 Å². The molecule has 0 saturated carbocycles. The van der Waals surface area contributed by atoms with Crippen LogP contribution in [0.25, 0.3) is 0 Å². The Morgan fingerprint density at radius 2 is 1.93 bits per heavy atom. The molecular formula is C12H16O2. The van der Waals surface area contributed by atoms with Crippen LogP contribution in [0.2, 0.25) is 0 Å². The summed E-state index contributed by atoms with van der Waals surface area (Å²) in [7, 11) is 0. The Bertz CT molecular complexity index is 269. The van der Waals surface area contributed by atoms with E-state index in [9.17, 15) is 5.11 Å². The van der Waals surface area contributed by atoms with Crippen LogP contribution in [-0.4, -0.2) is 16.8 Å². The van der Waals surface area contributed by atoms with E-state index in [1.165, 1.54) is 0 Å². The van der Waals surface area contributed by atoms with Crippen LogP contribution < -0.4 is 0 Å². The monoisotopic (exact) mass is 192 g/mol. The van der Waals surface area contributed by atoms with E-state index in [4.69, 9.17) is 5.11 Å². The Kier molecular flexibility index (Phi) is 4.36. The first-order chi connectivity index (χ1) is 6.79. The minimum absolute atomic E-state index is 0.0700. The van der Waals surface area contributed by atoms with Crippen molar-refractivity contribution in [2.24, 2.45) is 5.92 Å². The third kappa shape index (κ3) is 2.69. The van der Waals surface area contributed by atoms with Gasteiger partial charge in [-0.05, 0) is 12.0 Å². The van der Waals surface area contributed by atoms with Crippen LogP contribution in [0.5, 0.6) is 0 Å². The van der Waals surface area contributed by atoms with Crippen molar-refractivity contribution in [2.45, 2.75) is 12.5 Å². The lowest BCUT2D eigenvalue weighted by atomic mass is 9.93. The molecule has 1 aromatic rings. The maximum Gasteiger partial charge on any atom is 0.0853 e. The van der Waals surface area contributed by atoms with Gasteiger partial charge in [0.2, 0.25) is 0 Å². The van der Waals surface area contributed by atoms with Crippen LogP contribution in [0, 0.1) is 5.92 Å². The molecule has 0 spiro atoms. The van der Waals surface area contributed by atoms with E-state index < -0.39 is 6.10 Å². The molecule has 1 aromatic carbocycles. The summed E-state index contributed by atoms with van der Waals surface area (Å²) >= 11 is 0. The fourth-order valence-electron chi connectivity index (χ4n) is 1.45. The first kappa shape index (κ1) is 11.0. The van der Waals surface area contributed by atoms with E-state index >= 15 is 0 Å². The van der Waals surface area contributed by atoms with Crippen molar-refractivity contribution < 1.29 is 10.2 Å². The number of hydrogen-bond donors (Lipinski definition) is 2. The molecule has 0 heterocycles. The van der Waals surface area contributed by atoms with E-state index in [0.29, 0.717) is 6.42 Å². The van der Waals surface area contributed by atoms with Gasteiger partial charge in [-0.1, -0.05) is 36.4 Å². The van der Waals surface area contributed by atoms with Gasteiger partial charge in [0.05, 0.1) is 6.10 Å². The maximum absolute atomic E-state index is 9.93. The smallest absolute Gasteiger partial charge is 0.0853 e. The second-order valence-electron chi connectivity index (χ2n) is 3.27.